The molecule has 0 heterocycles. The molecule has 28 heavy (non-hydrogen) atoms. The van der Waals surface area contributed by atoms with Gasteiger partial charge in [0.2, 0.25) is 0 Å². The van der Waals surface area contributed by atoms with E-state index in [-0.39, 0.29) is 5.91 Å². The summed E-state index contributed by atoms with van der Waals surface area (Å²) in [5, 5.41) is 14.8. The first-order valence-corrected chi connectivity index (χ1v) is 9.72. The van der Waals surface area contributed by atoms with E-state index in [2.05, 4.69) is 29.4 Å². The molecule has 1 unspecified atom stereocenters. The van der Waals surface area contributed by atoms with Gasteiger partial charge in [0.25, 0.3) is 5.91 Å². The van der Waals surface area contributed by atoms with Crippen molar-refractivity contribution in [3.63, 3.8) is 0 Å². The van der Waals surface area contributed by atoms with Crippen LogP contribution in [0.15, 0.2) is 48.5 Å². The van der Waals surface area contributed by atoms with E-state index in [0.29, 0.717) is 24.9 Å². The van der Waals surface area contributed by atoms with E-state index in [0.717, 1.165) is 24.3 Å². The highest BCUT2D eigenvalue weighted by Crippen LogP contribution is 2.30. The molecule has 0 bridgehead atoms. The average Bonchev–Trinajstić information content (AvgIpc) is 2.69. The second-order valence-electron chi connectivity index (χ2n) is 7.13. The van der Waals surface area contributed by atoms with Crippen molar-refractivity contribution in [3.05, 3.63) is 59.7 Å². The summed E-state index contributed by atoms with van der Waals surface area (Å²) in [6.45, 7) is 6.02. The van der Waals surface area contributed by atoms with E-state index < -0.39 is 11.6 Å². The summed E-state index contributed by atoms with van der Waals surface area (Å²) in [5.41, 5.74) is 2.76. The molecule has 148 valence electrons. The van der Waals surface area contributed by atoms with E-state index in [1.807, 2.05) is 48.5 Å². The second-order valence-corrected chi connectivity index (χ2v) is 7.13. The van der Waals surface area contributed by atoms with Crippen LogP contribution in [-0.4, -0.2) is 35.7 Å². The summed E-state index contributed by atoms with van der Waals surface area (Å²) in [6, 6.07) is 15.5. The smallest absolute Gasteiger partial charge is 0.405 e. The van der Waals surface area contributed by atoms with Crippen molar-refractivity contribution >= 4 is 23.4 Å². The molecule has 0 spiro atoms. The maximum Gasteiger partial charge on any atom is 0.405 e. The summed E-state index contributed by atoms with van der Waals surface area (Å²) in [6.07, 6.45) is 0.245. The third kappa shape index (κ3) is 4.11. The van der Waals surface area contributed by atoms with E-state index in [1.165, 1.54) is 5.56 Å². The Morgan fingerprint density at radius 1 is 1.04 bits per heavy atom. The highest BCUT2D eigenvalue weighted by Gasteiger charge is 2.42. The Morgan fingerprint density at radius 2 is 1.68 bits per heavy atom. The SMILES string of the molecule is CCN(CC)c1ccc(NC(=O)C2(NC(=O)O)CCc3ccccc3C2)cc1. The minimum atomic E-state index is -1.19. The number of anilines is 2. The molecule has 2 aromatic carbocycles. The molecule has 0 saturated carbocycles. The van der Waals surface area contributed by atoms with Gasteiger partial charge < -0.3 is 20.6 Å². The molecule has 1 atom stereocenters. The highest BCUT2D eigenvalue weighted by molar-refractivity contribution is 6.00. The van der Waals surface area contributed by atoms with E-state index in [4.69, 9.17) is 0 Å². The number of rotatable bonds is 6. The van der Waals surface area contributed by atoms with Gasteiger partial charge in [-0.05, 0) is 62.1 Å². The fourth-order valence-electron chi connectivity index (χ4n) is 3.89. The number of benzene rings is 2. The van der Waals surface area contributed by atoms with Crippen LogP contribution in [0.5, 0.6) is 0 Å². The van der Waals surface area contributed by atoms with Crippen LogP contribution < -0.4 is 15.5 Å². The Kier molecular flexibility index (Phi) is 5.87. The van der Waals surface area contributed by atoms with Gasteiger partial charge >= 0.3 is 6.09 Å². The normalized spacial score (nSPS) is 18.1. The Balaban J connectivity index is 1.80. The van der Waals surface area contributed by atoms with Crippen LogP contribution in [0.25, 0.3) is 0 Å². The quantitative estimate of drug-likeness (QED) is 0.713. The van der Waals surface area contributed by atoms with Crippen molar-refractivity contribution in [2.45, 2.75) is 38.6 Å². The first-order chi connectivity index (χ1) is 13.5. The van der Waals surface area contributed by atoms with Crippen molar-refractivity contribution in [2.75, 3.05) is 23.3 Å². The van der Waals surface area contributed by atoms with Crippen LogP contribution in [0.4, 0.5) is 16.2 Å². The Hall–Kier alpha value is -3.02. The Labute approximate surface area is 165 Å². The predicted molar refractivity (Wildman–Crippen MR) is 111 cm³/mol. The summed E-state index contributed by atoms with van der Waals surface area (Å²) >= 11 is 0. The summed E-state index contributed by atoms with van der Waals surface area (Å²) in [7, 11) is 0. The van der Waals surface area contributed by atoms with Crippen LogP contribution in [0, 0.1) is 0 Å². The zero-order chi connectivity index (χ0) is 20.1. The van der Waals surface area contributed by atoms with Gasteiger partial charge in [0, 0.05) is 30.9 Å². The Morgan fingerprint density at radius 3 is 2.29 bits per heavy atom. The number of nitrogens with one attached hydrogen (secondary N) is 2. The van der Waals surface area contributed by atoms with Gasteiger partial charge in [-0.3, -0.25) is 4.79 Å². The summed E-state index contributed by atoms with van der Waals surface area (Å²) in [4.78, 5) is 26.8. The van der Waals surface area contributed by atoms with E-state index in [1.54, 1.807) is 0 Å². The lowest BCUT2D eigenvalue weighted by atomic mass is 9.77. The minimum Gasteiger partial charge on any atom is -0.465 e. The molecule has 6 nitrogen and oxygen atoms in total. The molecule has 1 aliphatic rings. The van der Waals surface area contributed by atoms with Gasteiger partial charge in [-0.1, -0.05) is 24.3 Å². The molecule has 6 heteroatoms. The zero-order valence-electron chi connectivity index (χ0n) is 16.4. The van der Waals surface area contributed by atoms with E-state index >= 15 is 0 Å². The number of hydrogen-bond acceptors (Lipinski definition) is 3. The molecule has 3 N–H and O–H groups in total. The lowest BCUT2D eigenvalue weighted by Gasteiger charge is -2.36. The zero-order valence-corrected chi connectivity index (χ0v) is 16.4. The second kappa shape index (κ2) is 8.33. The molecule has 1 aliphatic carbocycles. The first kappa shape index (κ1) is 19.7. The van der Waals surface area contributed by atoms with Gasteiger partial charge in [0.1, 0.15) is 5.54 Å². The largest absolute Gasteiger partial charge is 0.465 e. The lowest BCUT2D eigenvalue weighted by molar-refractivity contribution is -0.122. The third-order valence-electron chi connectivity index (χ3n) is 5.47. The molecular formula is C22H27N3O3. The number of fused-ring (bicyclic) bond motifs is 1. The van der Waals surface area contributed by atoms with Gasteiger partial charge in [-0.25, -0.2) is 4.79 Å². The lowest BCUT2D eigenvalue weighted by Crippen LogP contribution is -2.59. The molecular weight excluding hydrogens is 354 g/mol. The van der Waals surface area contributed by atoms with Crippen molar-refractivity contribution in [1.82, 2.24) is 5.32 Å². The third-order valence-corrected chi connectivity index (χ3v) is 5.47. The molecule has 2 amide bonds. The number of amides is 2. The number of hydrogen-bond donors (Lipinski definition) is 3. The van der Waals surface area contributed by atoms with Gasteiger partial charge in [-0.15, -0.1) is 0 Å². The maximum absolute atomic E-state index is 13.1. The van der Waals surface area contributed by atoms with E-state index in [9.17, 15) is 14.7 Å². The Bertz CT molecular complexity index is 846. The van der Waals surface area contributed by atoms with Gasteiger partial charge in [-0.2, -0.15) is 0 Å². The molecule has 0 aliphatic heterocycles. The highest BCUT2D eigenvalue weighted by atomic mass is 16.4. The van der Waals surface area contributed by atoms with Gasteiger partial charge in [0.05, 0.1) is 0 Å². The van der Waals surface area contributed by atoms with Crippen molar-refractivity contribution in [3.8, 4) is 0 Å². The molecule has 0 radical (unpaired) electrons. The van der Waals surface area contributed by atoms with Crippen molar-refractivity contribution in [1.29, 1.82) is 0 Å². The van der Waals surface area contributed by atoms with Crippen LogP contribution >= 0.6 is 0 Å². The fourth-order valence-corrected chi connectivity index (χ4v) is 3.89. The molecule has 0 fully saturated rings. The van der Waals surface area contributed by atoms with Crippen LogP contribution in [0.2, 0.25) is 0 Å². The number of aryl methyl sites for hydroxylation is 1. The number of carbonyl (C=O) groups is 2. The van der Waals surface area contributed by atoms with Crippen LogP contribution in [0.3, 0.4) is 0 Å². The summed E-state index contributed by atoms with van der Waals surface area (Å²) < 4.78 is 0. The number of carbonyl (C=O) groups excluding carboxylic acids is 1. The topological polar surface area (TPSA) is 81.7 Å². The first-order valence-electron chi connectivity index (χ1n) is 9.72. The minimum absolute atomic E-state index is 0.319. The fraction of sp³-hybridized carbons (Fsp3) is 0.364. The molecule has 0 aromatic heterocycles. The number of carboxylic acid groups (broad SMARTS) is 1. The van der Waals surface area contributed by atoms with Crippen LogP contribution in [-0.2, 0) is 17.6 Å². The molecule has 2 aromatic rings. The van der Waals surface area contributed by atoms with Crippen LogP contribution in [0.1, 0.15) is 31.4 Å². The maximum atomic E-state index is 13.1. The average molecular weight is 381 g/mol. The standard InChI is InChI=1S/C22H27N3O3/c1-3-25(4-2)19-11-9-18(10-12-19)23-20(26)22(24-21(27)28)14-13-16-7-5-6-8-17(16)15-22/h5-12,24H,3-4,13-15H2,1-2H3,(H,23,26)(H,27,28). The van der Waals surface area contributed by atoms with Crippen molar-refractivity contribution < 1.29 is 14.7 Å². The molecule has 0 saturated heterocycles. The number of nitrogens with zero attached hydrogens (tertiary/aromatic N) is 1. The predicted octanol–water partition coefficient (Wildman–Crippen LogP) is 3.67. The molecule has 3 rings (SSSR count). The van der Waals surface area contributed by atoms with Gasteiger partial charge in [0.15, 0.2) is 0 Å². The summed E-state index contributed by atoms with van der Waals surface area (Å²) in [5.74, 6) is -0.319. The monoisotopic (exact) mass is 381 g/mol. The van der Waals surface area contributed by atoms with Crippen molar-refractivity contribution in [2.24, 2.45) is 0 Å².